The standard InChI is InChI=1S/C15H14N8O2/c1-9-6-12(14(25)20-17-8-11-4-3-5-16-7-11)23(22-9)15-18-13(24)10(2)19-21-15/h3-8H,1-2H3,(H,20,25)(H,18,21,24)/b17-8-. The van der Waals surface area contributed by atoms with Gasteiger partial charge in [0.05, 0.1) is 11.9 Å². The van der Waals surface area contributed by atoms with E-state index in [4.69, 9.17) is 0 Å². The Hall–Kier alpha value is -3.69. The lowest BCUT2D eigenvalue weighted by Crippen LogP contribution is -2.24. The van der Waals surface area contributed by atoms with Gasteiger partial charge in [-0.3, -0.25) is 19.6 Å². The zero-order chi connectivity index (χ0) is 17.8. The van der Waals surface area contributed by atoms with Crippen LogP contribution in [-0.2, 0) is 0 Å². The molecule has 0 fully saturated rings. The maximum absolute atomic E-state index is 12.4. The highest BCUT2D eigenvalue weighted by Crippen LogP contribution is 2.07. The smallest absolute Gasteiger partial charge is 0.288 e. The van der Waals surface area contributed by atoms with E-state index >= 15 is 0 Å². The summed E-state index contributed by atoms with van der Waals surface area (Å²) in [5.41, 5.74) is 3.69. The molecular weight excluding hydrogens is 324 g/mol. The first-order chi connectivity index (χ1) is 12.0. The van der Waals surface area contributed by atoms with Crippen molar-refractivity contribution in [2.24, 2.45) is 5.10 Å². The number of nitrogens with one attached hydrogen (secondary N) is 2. The number of pyridine rings is 1. The molecule has 0 aliphatic carbocycles. The number of amides is 1. The summed E-state index contributed by atoms with van der Waals surface area (Å²) in [4.78, 5) is 30.5. The van der Waals surface area contributed by atoms with Crippen LogP contribution in [0.4, 0.5) is 0 Å². The van der Waals surface area contributed by atoms with E-state index in [1.807, 2.05) is 0 Å². The van der Waals surface area contributed by atoms with Crippen LogP contribution < -0.4 is 11.0 Å². The highest BCUT2D eigenvalue weighted by molar-refractivity contribution is 5.93. The minimum atomic E-state index is -0.510. The second-order valence-electron chi connectivity index (χ2n) is 5.13. The maximum Gasteiger partial charge on any atom is 0.290 e. The van der Waals surface area contributed by atoms with Gasteiger partial charge >= 0.3 is 0 Å². The van der Waals surface area contributed by atoms with Crippen LogP contribution in [0, 0.1) is 13.8 Å². The molecule has 126 valence electrons. The molecule has 25 heavy (non-hydrogen) atoms. The van der Waals surface area contributed by atoms with Crippen LogP contribution in [0.2, 0.25) is 0 Å². The van der Waals surface area contributed by atoms with Crippen molar-refractivity contribution in [2.75, 3.05) is 0 Å². The van der Waals surface area contributed by atoms with E-state index in [1.54, 1.807) is 37.5 Å². The van der Waals surface area contributed by atoms with Crippen molar-refractivity contribution in [1.82, 2.24) is 35.4 Å². The van der Waals surface area contributed by atoms with Gasteiger partial charge in [-0.25, -0.2) is 5.43 Å². The lowest BCUT2D eigenvalue weighted by Gasteiger charge is -2.04. The largest absolute Gasteiger partial charge is 0.290 e. The first kappa shape index (κ1) is 16.2. The summed E-state index contributed by atoms with van der Waals surface area (Å²) in [6.45, 7) is 3.25. The predicted octanol–water partition coefficient (Wildman–Crippen LogP) is 0.126. The molecule has 0 bridgehead atoms. The summed E-state index contributed by atoms with van der Waals surface area (Å²) in [6, 6.07) is 5.10. The monoisotopic (exact) mass is 338 g/mol. The molecule has 0 aliphatic heterocycles. The van der Waals surface area contributed by atoms with Crippen molar-refractivity contribution >= 4 is 12.1 Å². The zero-order valence-electron chi connectivity index (χ0n) is 13.5. The summed E-state index contributed by atoms with van der Waals surface area (Å²) in [5, 5.41) is 15.6. The molecule has 0 aliphatic rings. The highest BCUT2D eigenvalue weighted by Gasteiger charge is 2.17. The van der Waals surface area contributed by atoms with Crippen LogP contribution in [-0.4, -0.2) is 42.1 Å². The van der Waals surface area contributed by atoms with Crippen LogP contribution in [0.3, 0.4) is 0 Å². The number of aryl methyl sites for hydroxylation is 2. The Labute approximate surface area is 141 Å². The van der Waals surface area contributed by atoms with E-state index in [0.29, 0.717) is 5.69 Å². The van der Waals surface area contributed by atoms with Gasteiger partial charge in [0, 0.05) is 18.0 Å². The number of rotatable bonds is 4. The second kappa shape index (κ2) is 6.83. The molecule has 10 nitrogen and oxygen atoms in total. The number of carbonyl (C=O) groups excluding carboxylic acids is 1. The third kappa shape index (κ3) is 3.63. The lowest BCUT2D eigenvalue weighted by atomic mass is 10.3. The quantitative estimate of drug-likeness (QED) is 0.513. The molecule has 3 heterocycles. The topological polar surface area (TPSA) is 131 Å². The average molecular weight is 338 g/mol. The maximum atomic E-state index is 12.4. The molecule has 0 saturated heterocycles. The molecule has 1 amide bonds. The Bertz CT molecular complexity index is 990. The normalized spacial score (nSPS) is 11.0. The summed E-state index contributed by atoms with van der Waals surface area (Å²) < 4.78 is 1.21. The Balaban J connectivity index is 1.85. The van der Waals surface area contributed by atoms with E-state index < -0.39 is 11.5 Å². The fraction of sp³-hybridized carbons (Fsp3) is 0.133. The molecular formula is C15H14N8O2. The van der Waals surface area contributed by atoms with E-state index in [9.17, 15) is 9.59 Å². The Morgan fingerprint density at radius 1 is 1.36 bits per heavy atom. The fourth-order valence-corrected chi connectivity index (χ4v) is 1.98. The summed E-state index contributed by atoms with van der Waals surface area (Å²) in [7, 11) is 0. The Morgan fingerprint density at radius 2 is 2.20 bits per heavy atom. The van der Waals surface area contributed by atoms with Crippen molar-refractivity contribution < 1.29 is 4.79 Å². The first-order valence-corrected chi connectivity index (χ1v) is 7.28. The van der Waals surface area contributed by atoms with Crippen molar-refractivity contribution in [3.05, 3.63) is 63.6 Å². The Kier molecular flexibility index (Phi) is 4.42. The molecule has 0 atom stereocenters. The van der Waals surface area contributed by atoms with Crippen LogP contribution in [0.1, 0.15) is 27.4 Å². The van der Waals surface area contributed by atoms with Crippen molar-refractivity contribution in [3.8, 4) is 5.95 Å². The summed E-state index contributed by atoms with van der Waals surface area (Å²) in [6.07, 6.45) is 4.71. The summed E-state index contributed by atoms with van der Waals surface area (Å²) in [5.74, 6) is -0.464. The molecule has 0 spiro atoms. The number of H-pyrrole nitrogens is 1. The third-order valence-electron chi connectivity index (χ3n) is 3.18. The molecule has 0 aromatic carbocycles. The molecule has 3 aromatic rings. The number of hydrogen-bond donors (Lipinski definition) is 2. The van der Waals surface area contributed by atoms with E-state index in [-0.39, 0.29) is 17.3 Å². The fourth-order valence-electron chi connectivity index (χ4n) is 1.98. The SMILES string of the molecule is Cc1cc(C(=O)N/N=C\c2cccnc2)n(-c2nnc(C)c(=O)[nH]2)n1. The number of hydrogen-bond acceptors (Lipinski definition) is 7. The van der Waals surface area contributed by atoms with E-state index in [0.717, 1.165) is 5.56 Å². The highest BCUT2D eigenvalue weighted by atomic mass is 16.2. The van der Waals surface area contributed by atoms with Gasteiger partial charge in [-0.05, 0) is 26.0 Å². The second-order valence-corrected chi connectivity index (χ2v) is 5.13. The third-order valence-corrected chi connectivity index (χ3v) is 3.18. The van der Waals surface area contributed by atoms with E-state index in [2.05, 4.69) is 35.8 Å². The van der Waals surface area contributed by atoms with Crippen LogP contribution in [0.15, 0.2) is 40.5 Å². The molecule has 3 aromatic heterocycles. The Morgan fingerprint density at radius 3 is 2.92 bits per heavy atom. The molecule has 0 saturated carbocycles. The number of aromatic amines is 1. The predicted molar refractivity (Wildman–Crippen MR) is 88.5 cm³/mol. The number of nitrogens with zero attached hydrogens (tertiary/aromatic N) is 6. The molecule has 3 rings (SSSR count). The van der Waals surface area contributed by atoms with Gasteiger partial charge in [-0.1, -0.05) is 6.07 Å². The molecule has 0 radical (unpaired) electrons. The van der Waals surface area contributed by atoms with Gasteiger partial charge in [-0.15, -0.1) is 10.2 Å². The minimum absolute atomic E-state index is 0.0464. The number of carbonyl (C=O) groups is 1. The van der Waals surface area contributed by atoms with Gasteiger partial charge in [0.2, 0.25) is 0 Å². The number of hydrazone groups is 1. The van der Waals surface area contributed by atoms with Crippen molar-refractivity contribution in [3.63, 3.8) is 0 Å². The van der Waals surface area contributed by atoms with Gasteiger partial charge in [0.25, 0.3) is 17.4 Å². The number of aromatic nitrogens is 6. The van der Waals surface area contributed by atoms with Crippen LogP contribution in [0.5, 0.6) is 0 Å². The molecule has 10 heteroatoms. The zero-order valence-corrected chi connectivity index (χ0v) is 13.5. The van der Waals surface area contributed by atoms with Gasteiger partial charge < -0.3 is 0 Å². The molecule has 2 N–H and O–H groups in total. The van der Waals surface area contributed by atoms with Gasteiger partial charge in [0.1, 0.15) is 11.4 Å². The van der Waals surface area contributed by atoms with Crippen LogP contribution in [0.25, 0.3) is 5.95 Å². The summed E-state index contributed by atoms with van der Waals surface area (Å²) >= 11 is 0. The molecule has 0 unspecified atom stereocenters. The minimum Gasteiger partial charge on any atom is -0.288 e. The average Bonchev–Trinajstić information content (AvgIpc) is 3.00. The van der Waals surface area contributed by atoms with Gasteiger partial charge in [-0.2, -0.15) is 14.9 Å². The van der Waals surface area contributed by atoms with Crippen LogP contribution >= 0.6 is 0 Å². The van der Waals surface area contributed by atoms with Gasteiger partial charge in [0.15, 0.2) is 0 Å². The van der Waals surface area contributed by atoms with E-state index in [1.165, 1.54) is 17.8 Å². The lowest BCUT2D eigenvalue weighted by molar-refractivity contribution is 0.0947. The van der Waals surface area contributed by atoms with Crippen molar-refractivity contribution in [2.45, 2.75) is 13.8 Å². The van der Waals surface area contributed by atoms with Crippen molar-refractivity contribution in [1.29, 1.82) is 0 Å². The first-order valence-electron chi connectivity index (χ1n) is 7.28.